The van der Waals surface area contributed by atoms with Crippen molar-refractivity contribution in [3.63, 3.8) is 0 Å². The van der Waals surface area contributed by atoms with Gasteiger partial charge in [0.1, 0.15) is 0 Å². The third-order valence-electron chi connectivity index (χ3n) is 1.17. The molecule has 22 nitrogen and oxygen atoms in total. The van der Waals surface area contributed by atoms with Crippen molar-refractivity contribution < 1.29 is 101 Å². The Labute approximate surface area is 284 Å². The molecule has 0 spiro atoms. The van der Waals surface area contributed by atoms with Gasteiger partial charge in [-0.25, -0.2) is 0 Å². The van der Waals surface area contributed by atoms with Gasteiger partial charge in [0.05, 0.1) is 41.8 Å². The first-order chi connectivity index (χ1) is 17.6. The second kappa shape index (κ2) is 67.3. The zero-order valence-electron chi connectivity index (χ0n) is 21.5. The average Bonchev–Trinajstić information content (AvgIpc) is 2.85. The SMILES string of the molecule is Cl[SiH](Cl)Cl.NCC(=O)[O-].NCC(=O)[O-].NCC(=O)[O-].NCC(=O)[O-].NCC(=O)[O-].NCC(=O)[O-].NCC(=O)[O-].O.[Al+3].[Zr+4]. The second-order valence-corrected chi connectivity index (χ2v) is 10.7. The van der Waals surface area contributed by atoms with Gasteiger partial charge in [-0.15, -0.1) is 33.2 Å². The molecule has 42 heavy (non-hydrogen) atoms. The second-order valence-electron chi connectivity index (χ2n) is 4.28. The van der Waals surface area contributed by atoms with E-state index in [1.165, 1.54) is 0 Å². The van der Waals surface area contributed by atoms with Gasteiger partial charge in [-0.1, -0.05) is 0 Å². The quantitative estimate of drug-likeness (QED) is 0.0929. The van der Waals surface area contributed by atoms with Gasteiger partial charge >= 0.3 is 50.3 Å². The molecule has 0 aromatic rings. The Morgan fingerprint density at radius 3 is 0.429 bits per heavy atom. The van der Waals surface area contributed by atoms with Crippen molar-refractivity contribution in [3.8, 4) is 0 Å². The summed E-state index contributed by atoms with van der Waals surface area (Å²) in [6, 6.07) is 0. The van der Waals surface area contributed by atoms with E-state index in [1.54, 1.807) is 0 Å². The molecular formula is C14H31AlCl3N7O15SiZr. The van der Waals surface area contributed by atoms with Crippen LogP contribution in [0.5, 0.6) is 0 Å². The van der Waals surface area contributed by atoms with Gasteiger partial charge in [-0.3, -0.25) is 0 Å². The molecule has 244 valence electrons. The first kappa shape index (κ1) is 72.6. The fourth-order valence-electron chi connectivity index (χ4n) is 0. The molecule has 0 aliphatic rings. The van der Waals surface area contributed by atoms with Crippen LogP contribution in [0.3, 0.4) is 0 Å². The smallest absolute Gasteiger partial charge is 0.549 e. The van der Waals surface area contributed by atoms with Gasteiger partial charge in [-0.2, -0.15) is 0 Å². The van der Waals surface area contributed by atoms with E-state index in [2.05, 4.69) is 40.1 Å². The van der Waals surface area contributed by atoms with Crippen molar-refractivity contribution in [2.24, 2.45) is 40.1 Å². The number of hydrogen-bond acceptors (Lipinski definition) is 21. The minimum atomic E-state index is -1.72. The summed E-state index contributed by atoms with van der Waals surface area (Å²) in [7, 11) is 0. The van der Waals surface area contributed by atoms with E-state index in [0.717, 1.165) is 0 Å². The number of aliphatic carboxylic acids is 7. The first-order valence-electron chi connectivity index (χ1n) is 8.85. The number of carbonyl (C=O) groups excluding carboxylic acids is 7. The maximum atomic E-state index is 9.13. The molecule has 0 saturated carbocycles. The summed E-state index contributed by atoms with van der Waals surface area (Å²) in [5, 5.41) is 63.9. The standard InChI is InChI=1S/7C2H5NO2.Al.Cl3HSi.H2O.Zr/c7*3-1-2(4)5;;1-4(2)3;;/h7*1,3H2,(H,4,5);;4H;1H2;/q;;;;;;;+3;;;+4/p-7. The Balaban J connectivity index is -0.0000000288. The summed E-state index contributed by atoms with van der Waals surface area (Å²) < 4.78 is 0. The van der Waals surface area contributed by atoms with Gasteiger partial charge in [0.15, 0.2) is 0 Å². The van der Waals surface area contributed by atoms with Crippen LogP contribution in [0.2, 0.25) is 0 Å². The summed E-state index contributed by atoms with van der Waals surface area (Å²) in [4.78, 5) is 63.9. The summed E-state index contributed by atoms with van der Waals surface area (Å²) in [6.45, 7) is -4.44. The molecule has 16 N–H and O–H groups in total. The molecule has 0 fully saturated rings. The molecule has 0 atom stereocenters. The van der Waals surface area contributed by atoms with Crippen LogP contribution in [-0.4, -0.2) is 117 Å². The van der Waals surface area contributed by atoms with E-state index in [0.29, 0.717) is 0 Å². The molecule has 0 heterocycles. The van der Waals surface area contributed by atoms with Crippen molar-refractivity contribution in [1.82, 2.24) is 0 Å². The molecule has 0 amide bonds. The minimum absolute atomic E-state index is 0. The average molecular weight is 790 g/mol. The molecule has 0 aromatic heterocycles. The first-order valence-corrected chi connectivity index (χ1v) is 14.1. The summed E-state index contributed by atoms with van der Waals surface area (Å²) in [5.74, 6) is -8.52. The Bertz CT molecular complexity index is 513. The largest absolute Gasteiger partial charge is 4.00 e. The van der Waals surface area contributed by atoms with Gasteiger partial charge < -0.3 is 115 Å². The molecule has 0 aliphatic carbocycles. The fraction of sp³-hybridized carbons (Fsp3) is 0.500. The normalized spacial score (nSPS) is 7.02. The van der Waals surface area contributed by atoms with Crippen LogP contribution in [0.1, 0.15) is 0 Å². The predicted molar refractivity (Wildman–Crippen MR) is 133 cm³/mol. The van der Waals surface area contributed by atoms with Crippen molar-refractivity contribution in [2.45, 2.75) is 0 Å². The maximum absolute atomic E-state index is 9.13. The number of rotatable bonds is 7. The van der Waals surface area contributed by atoms with Crippen LogP contribution in [-0.2, 0) is 59.8 Å². The molecule has 0 aliphatic heterocycles. The van der Waals surface area contributed by atoms with Crippen molar-refractivity contribution in [2.75, 3.05) is 45.8 Å². The Hall–Kier alpha value is -1.53. The van der Waals surface area contributed by atoms with E-state index in [4.69, 9.17) is 103 Å². The van der Waals surface area contributed by atoms with Crippen molar-refractivity contribution >= 4 is 99.1 Å². The van der Waals surface area contributed by atoms with Gasteiger partial charge in [0, 0.05) is 45.8 Å². The molecule has 0 unspecified atom stereocenters. The molecule has 28 heteroatoms. The van der Waals surface area contributed by atoms with Crippen LogP contribution < -0.4 is 75.9 Å². The molecule has 0 saturated heterocycles. The monoisotopic (exact) mass is 787 g/mol. The van der Waals surface area contributed by atoms with Crippen LogP contribution in [0.4, 0.5) is 0 Å². The van der Waals surface area contributed by atoms with E-state index in [1.807, 2.05) is 0 Å². The summed E-state index contributed by atoms with van der Waals surface area (Å²) in [5.41, 5.74) is 31.6. The topological polar surface area (TPSA) is 495 Å². The maximum Gasteiger partial charge on any atom is 4.00 e. The van der Waals surface area contributed by atoms with Crippen LogP contribution in [0.15, 0.2) is 0 Å². The number of carbonyl (C=O) groups is 7. The number of carboxylic acids is 7. The summed E-state index contributed by atoms with van der Waals surface area (Å²) in [6.07, 6.45) is 0. The number of halogens is 3. The van der Waals surface area contributed by atoms with E-state index < -0.39 is 48.5 Å². The zero-order valence-corrected chi connectivity index (χ0v) is 28.5. The molecular weight excluding hydrogens is 759 g/mol. The van der Waals surface area contributed by atoms with E-state index >= 15 is 0 Å². The third kappa shape index (κ3) is 347. The molecule has 0 radical (unpaired) electrons. The number of nitrogens with two attached hydrogens (primary N) is 7. The third-order valence-corrected chi connectivity index (χ3v) is 1.17. The van der Waals surface area contributed by atoms with Gasteiger partial charge in [0.25, 0.3) is 0 Å². The van der Waals surface area contributed by atoms with Gasteiger partial charge in [-0.05, 0) is 0 Å². The van der Waals surface area contributed by atoms with Gasteiger partial charge in [0.2, 0.25) is 0 Å². The molecule has 0 rings (SSSR count). The number of hydrogen-bond donors (Lipinski definition) is 7. The van der Waals surface area contributed by atoms with Crippen molar-refractivity contribution in [3.05, 3.63) is 0 Å². The van der Waals surface area contributed by atoms with E-state index in [-0.39, 0.29) is 94.9 Å². The van der Waals surface area contributed by atoms with Crippen molar-refractivity contribution in [1.29, 1.82) is 0 Å². The van der Waals surface area contributed by atoms with Crippen LogP contribution >= 0.6 is 33.2 Å². The predicted octanol–water partition coefficient (Wildman–Crippen LogP) is -15.9. The Morgan fingerprint density at radius 1 is 0.405 bits per heavy atom. The van der Waals surface area contributed by atoms with Crippen LogP contribution in [0.25, 0.3) is 0 Å². The minimum Gasteiger partial charge on any atom is -0.549 e. The fourth-order valence-corrected chi connectivity index (χ4v) is 0. The summed E-state index contributed by atoms with van der Waals surface area (Å²) >= 11 is 14.8. The van der Waals surface area contributed by atoms with Crippen LogP contribution in [0, 0.1) is 0 Å². The Kier molecular flexibility index (Phi) is 116. The van der Waals surface area contributed by atoms with E-state index in [9.17, 15) is 0 Å². The zero-order chi connectivity index (χ0) is 33.6. The molecule has 0 aromatic carbocycles. The molecule has 0 bridgehead atoms. The Morgan fingerprint density at radius 2 is 0.429 bits per heavy atom. The number of carboxylic acid groups (broad SMARTS) is 7.